The highest BCUT2D eigenvalue weighted by atomic mass is 16.5. The maximum atomic E-state index is 13.5. The number of pyridine rings is 1. The summed E-state index contributed by atoms with van der Waals surface area (Å²) in [5, 5.41) is 0. The molecule has 2 aromatic carbocycles. The molecule has 0 spiro atoms. The number of aromatic nitrogens is 1. The lowest BCUT2D eigenvalue weighted by atomic mass is 9.88. The monoisotopic (exact) mass is 415 g/mol. The van der Waals surface area contributed by atoms with Gasteiger partial charge in [-0.25, -0.2) is 4.90 Å². The molecule has 1 aliphatic rings. The van der Waals surface area contributed by atoms with Gasteiger partial charge in [-0.1, -0.05) is 24.3 Å². The Hall–Kier alpha value is -4.00. The minimum Gasteiger partial charge on any atom is -0.497 e. The number of rotatable bonds is 6. The Kier molecular flexibility index (Phi) is 5.75. The van der Waals surface area contributed by atoms with E-state index in [-0.39, 0.29) is 0 Å². The lowest BCUT2D eigenvalue weighted by Gasteiger charge is -2.31. The molecular weight excluding hydrogens is 394 g/mol. The van der Waals surface area contributed by atoms with Gasteiger partial charge in [0, 0.05) is 24.0 Å². The molecule has 4 rings (SSSR count). The second-order valence-electron chi connectivity index (χ2n) is 6.89. The maximum absolute atomic E-state index is 13.5. The van der Waals surface area contributed by atoms with Crippen LogP contribution in [0.2, 0.25) is 0 Å². The zero-order chi connectivity index (χ0) is 21.8. The van der Waals surface area contributed by atoms with E-state index >= 15 is 0 Å². The van der Waals surface area contributed by atoms with Gasteiger partial charge in [-0.2, -0.15) is 0 Å². The summed E-state index contributed by atoms with van der Waals surface area (Å²) in [6.07, 6.45) is 3.29. The van der Waals surface area contributed by atoms with Crippen molar-refractivity contribution in [1.29, 1.82) is 0 Å². The van der Waals surface area contributed by atoms with Crippen molar-refractivity contribution in [3.8, 4) is 11.5 Å². The van der Waals surface area contributed by atoms with E-state index in [2.05, 4.69) is 9.98 Å². The number of fused-ring (bicyclic) bond motifs is 1. The van der Waals surface area contributed by atoms with Crippen molar-refractivity contribution in [2.24, 2.45) is 4.99 Å². The van der Waals surface area contributed by atoms with Crippen LogP contribution in [0, 0.1) is 0 Å². The zero-order valence-corrected chi connectivity index (χ0v) is 17.2. The Morgan fingerprint density at radius 1 is 1.03 bits per heavy atom. The fourth-order valence-corrected chi connectivity index (χ4v) is 3.54. The summed E-state index contributed by atoms with van der Waals surface area (Å²) in [5.41, 5.74) is 2.23. The lowest BCUT2D eigenvalue weighted by molar-refractivity contribution is -0.118. The van der Waals surface area contributed by atoms with Gasteiger partial charge < -0.3 is 9.47 Å². The van der Waals surface area contributed by atoms with E-state index in [4.69, 9.17) is 9.47 Å². The summed E-state index contributed by atoms with van der Waals surface area (Å²) >= 11 is 0. The van der Waals surface area contributed by atoms with Gasteiger partial charge >= 0.3 is 0 Å². The summed E-state index contributed by atoms with van der Waals surface area (Å²) < 4.78 is 10.7. The zero-order valence-electron chi connectivity index (χ0n) is 17.2. The first-order valence-electron chi connectivity index (χ1n) is 9.73. The van der Waals surface area contributed by atoms with E-state index in [0.29, 0.717) is 34.9 Å². The number of aliphatic imine (C=N–C) groups is 1. The molecule has 0 bridgehead atoms. The molecule has 7 nitrogen and oxygen atoms in total. The van der Waals surface area contributed by atoms with Gasteiger partial charge in [0.2, 0.25) is 5.91 Å². The van der Waals surface area contributed by atoms with Gasteiger partial charge in [-0.05, 0) is 35.9 Å². The lowest BCUT2D eigenvalue weighted by Crippen LogP contribution is -2.45. The van der Waals surface area contributed by atoms with Gasteiger partial charge in [0.1, 0.15) is 11.5 Å². The standard InChI is InChI=1S/C24H21N3O4/c1-30-17-10-11-21(22(13-17)31-2)27-23(28)19-9-4-3-8-18(19)20(24(27)29)15-25-14-16-7-5-6-12-26-16/h3-13,15,20H,14H2,1-2H3/t20-/m1/s1. The van der Waals surface area contributed by atoms with E-state index < -0.39 is 17.7 Å². The Balaban J connectivity index is 1.74. The number of benzene rings is 2. The Labute approximate surface area is 180 Å². The van der Waals surface area contributed by atoms with Crippen LogP contribution in [-0.2, 0) is 11.3 Å². The largest absolute Gasteiger partial charge is 0.497 e. The molecular formula is C24H21N3O4. The fourth-order valence-electron chi connectivity index (χ4n) is 3.54. The number of anilines is 1. The van der Waals surface area contributed by atoms with Crippen LogP contribution in [0.3, 0.4) is 0 Å². The van der Waals surface area contributed by atoms with Gasteiger partial charge in [0.15, 0.2) is 0 Å². The number of hydrogen-bond acceptors (Lipinski definition) is 6. The summed E-state index contributed by atoms with van der Waals surface area (Å²) in [6, 6.07) is 17.6. The summed E-state index contributed by atoms with van der Waals surface area (Å²) in [4.78, 5) is 36.6. The van der Waals surface area contributed by atoms with Crippen LogP contribution in [-0.4, -0.2) is 37.2 Å². The SMILES string of the molecule is COc1ccc(N2C(=O)c3ccccc3[C@@H](C=NCc3ccccn3)C2=O)c(OC)c1. The molecule has 0 fully saturated rings. The van der Waals surface area contributed by atoms with Crippen LogP contribution in [0.15, 0.2) is 71.9 Å². The third-order valence-electron chi connectivity index (χ3n) is 5.08. The maximum Gasteiger partial charge on any atom is 0.265 e. The number of carbonyl (C=O) groups excluding carboxylic acids is 2. The molecule has 0 unspecified atom stereocenters. The van der Waals surface area contributed by atoms with Crippen LogP contribution in [0.25, 0.3) is 0 Å². The molecule has 0 saturated carbocycles. The van der Waals surface area contributed by atoms with E-state index in [1.165, 1.54) is 14.2 Å². The minimum atomic E-state index is -0.704. The first-order valence-corrected chi connectivity index (χ1v) is 9.73. The number of carbonyl (C=O) groups is 2. The molecule has 31 heavy (non-hydrogen) atoms. The second-order valence-corrected chi connectivity index (χ2v) is 6.89. The predicted molar refractivity (Wildman–Crippen MR) is 117 cm³/mol. The summed E-state index contributed by atoms with van der Waals surface area (Å²) in [5.74, 6) is -0.573. The molecule has 0 aliphatic carbocycles. The smallest absolute Gasteiger partial charge is 0.265 e. The van der Waals surface area contributed by atoms with Gasteiger partial charge in [0.25, 0.3) is 5.91 Å². The van der Waals surface area contributed by atoms with E-state index in [9.17, 15) is 9.59 Å². The number of nitrogens with zero attached hydrogens (tertiary/aromatic N) is 3. The van der Waals surface area contributed by atoms with Crippen LogP contribution >= 0.6 is 0 Å². The Morgan fingerprint density at radius 3 is 2.58 bits per heavy atom. The summed E-state index contributed by atoms with van der Waals surface area (Å²) in [7, 11) is 3.02. The van der Waals surface area contributed by atoms with Crippen molar-refractivity contribution in [2.45, 2.75) is 12.5 Å². The third kappa shape index (κ3) is 3.90. The molecule has 2 heterocycles. The Morgan fingerprint density at radius 2 is 1.84 bits per heavy atom. The van der Waals surface area contributed by atoms with Crippen LogP contribution in [0.1, 0.15) is 27.5 Å². The van der Waals surface area contributed by atoms with Gasteiger partial charge in [0.05, 0.1) is 38.1 Å². The van der Waals surface area contributed by atoms with Crippen molar-refractivity contribution in [2.75, 3.05) is 19.1 Å². The normalized spacial score (nSPS) is 15.8. The van der Waals surface area contributed by atoms with Crippen molar-refractivity contribution >= 4 is 23.7 Å². The van der Waals surface area contributed by atoms with Gasteiger partial charge in [-0.3, -0.25) is 19.6 Å². The fraction of sp³-hybridized carbons (Fsp3) is 0.167. The average molecular weight is 415 g/mol. The topological polar surface area (TPSA) is 81.1 Å². The first-order chi connectivity index (χ1) is 15.1. The molecule has 2 amide bonds. The quantitative estimate of drug-likeness (QED) is 0.454. The van der Waals surface area contributed by atoms with E-state index in [1.807, 2.05) is 24.3 Å². The minimum absolute atomic E-state index is 0.340. The molecule has 1 aromatic heterocycles. The molecule has 1 atom stereocenters. The third-order valence-corrected chi connectivity index (χ3v) is 5.08. The molecule has 0 radical (unpaired) electrons. The number of ether oxygens (including phenoxy) is 2. The van der Waals surface area contributed by atoms with E-state index in [0.717, 1.165) is 10.6 Å². The molecule has 7 heteroatoms. The second kappa shape index (κ2) is 8.79. The first kappa shape index (κ1) is 20.3. The highest BCUT2D eigenvalue weighted by molar-refractivity contribution is 6.29. The number of hydrogen-bond donors (Lipinski definition) is 0. The van der Waals surface area contributed by atoms with Crippen LogP contribution < -0.4 is 14.4 Å². The average Bonchev–Trinajstić information content (AvgIpc) is 2.82. The molecule has 3 aromatic rings. The predicted octanol–water partition coefficient (Wildman–Crippen LogP) is 3.64. The van der Waals surface area contributed by atoms with Crippen molar-refractivity contribution in [3.05, 3.63) is 83.7 Å². The number of imide groups is 1. The van der Waals surface area contributed by atoms with Crippen molar-refractivity contribution in [3.63, 3.8) is 0 Å². The van der Waals surface area contributed by atoms with Crippen LogP contribution in [0.5, 0.6) is 11.5 Å². The number of methoxy groups -OCH3 is 2. The summed E-state index contributed by atoms with van der Waals surface area (Å²) in [6.45, 7) is 0.340. The van der Waals surface area contributed by atoms with E-state index in [1.54, 1.807) is 48.8 Å². The number of amides is 2. The van der Waals surface area contributed by atoms with Crippen molar-refractivity contribution in [1.82, 2.24) is 4.98 Å². The highest BCUT2D eigenvalue weighted by Gasteiger charge is 2.39. The van der Waals surface area contributed by atoms with Crippen molar-refractivity contribution < 1.29 is 19.1 Å². The molecule has 0 N–H and O–H groups in total. The van der Waals surface area contributed by atoms with Gasteiger partial charge in [-0.15, -0.1) is 0 Å². The molecule has 1 aliphatic heterocycles. The Bertz CT molecular complexity index is 1140. The molecule has 0 saturated heterocycles. The highest BCUT2D eigenvalue weighted by Crippen LogP contribution is 2.38. The molecule has 156 valence electrons. The van der Waals surface area contributed by atoms with Crippen LogP contribution in [0.4, 0.5) is 5.69 Å².